The standard InChI is InChI=1S/C16H22N4O2/c1-20-9-7-14(8-10-20)18-19-16(22)11-15(21)17-12-13-5-3-2-4-6-13/h2-6H,7-12H2,1H3,(H,17,21)(H,19,22). The van der Waals surface area contributed by atoms with Gasteiger partial charge in [-0.2, -0.15) is 5.10 Å². The fourth-order valence-corrected chi connectivity index (χ4v) is 2.17. The topological polar surface area (TPSA) is 73.8 Å². The molecule has 0 aromatic heterocycles. The number of likely N-dealkylation sites (tertiary alicyclic amines) is 1. The van der Waals surface area contributed by atoms with Crippen molar-refractivity contribution in [1.82, 2.24) is 15.6 Å². The summed E-state index contributed by atoms with van der Waals surface area (Å²) in [5.41, 5.74) is 4.45. The zero-order chi connectivity index (χ0) is 15.8. The lowest BCUT2D eigenvalue weighted by Crippen LogP contribution is -2.33. The van der Waals surface area contributed by atoms with Crippen molar-refractivity contribution in [3.05, 3.63) is 35.9 Å². The summed E-state index contributed by atoms with van der Waals surface area (Å²) < 4.78 is 0. The number of carbonyl (C=O) groups excluding carboxylic acids is 2. The van der Waals surface area contributed by atoms with Crippen LogP contribution in [0, 0.1) is 0 Å². The molecule has 0 atom stereocenters. The predicted molar refractivity (Wildman–Crippen MR) is 85.2 cm³/mol. The van der Waals surface area contributed by atoms with Crippen LogP contribution in [0.25, 0.3) is 0 Å². The molecule has 1 aliphatic rings. The van der Waals surface area contributed by atoms with Gasteiger partial charge in [0.2, 0.25) is 11.8 Å². The first-order valence-corrected chi connectivity index (χ1v) is 7.47. The molecule has 2 amide bonds. The third-order valence-corrected chi connectivity index (χ3v) is 3.56. The summed E-state index contributed by atoms with van der Waals surface area (Å²) in [6, 6.07) is 9.58. The largest absolute Gasteiger partial charge is 0.352 e. The Morgan fingerprint density at radius 1 is 1.14 bits per heavy atom. The number of nitrogens with zero attached hydrogens (tertiary/aromatic N) is 2. The van der Waals surface area contributed by atoms with E-state index in [1.165, 1.54) is 0 Å². The number of nitrogens with one attached hydrogen (secondary N) is 2. The zero-order valence-corrected chi connectivity index (χ0v) is 12.8. The van der Waals surface area contributed by atoms with E-state index in [0.717, 1.165) is 37.2 Å². The number of rotatable bonds is 5. The highest BCUT2D eigenvalue weighted by atomic mass is 16.2. The minimum Gasteiger partial charge on any atom is -0.352 e. The lowest BCUT2D eigenvalue weighted by molar-refractivity contribution is -0.129. The molecule has 0 unspecified atom stereocenters. The van der Waals surface area contributed by atoms with Crippen LogP contribution in [0.2, 0.25) is 0 Å². The van der Waals surface area contributed by atoms with Gasteiger partial charge >= 0.3 is 0 Å². The lowest BCUT2D eigenvalue weighted by Gasteiger charge is -2.22. The fraction of sp³-hybridized carbons (Fsp3) is 0.438. The van der Waals surface area contributed by atoms with Crippen molar-refractivity contribution in [2.24, 2.45) is 5.10 Å². The van der Waals surface area contributed by atoms with Crippen molar-refractivity contribution < 1.29 is 9.59 Å². The molecule has 6 heteroatoms. The van der Waals surface area contributed by atoms with Crippen LogP contribution < -0.4 is 10.7 Å². The molecule has 6 nitrogen and oxygen atoms in total. The SMILES string of the molecule is CN1CCC(=NNC(=O)CC(=O)NCc2ccccc2)CC1. The van der Waals surface area contributed by atoms with Crippen molar-refractivity contribution >= 4 is 17.5 Å². The minimum absolute atomic E-state index is 0.205. The van der Waals surface area contributed by atoms with Crippen LogP contribution >= 0.6 is 0 Å². The molecule has 0 bridgehead atoms. The molecule has 2 N–H and O–H groups in total. The Balaban J connectivity index is 1.68. The van der Waals surface area contributed by atoms with E-state index < -0.39 is 0 Å². The molecular formula is C16H22N4O2. The van der Waals surface area contributed by atoms with Crippen LogP contribution in [0.5, 0.6) is 0 Å². The molecule has 1 aromatic carbocycles. The van der Waals surface area contributed by atoms with Gasteiger partial charge in [-0.05, 0) is 12.6 Å². The highest BCUT2D eigenvalue weighted by Crippen LogP contribution is 2.04. The van der Waals surface area contributed by atoms with Gasteiger partial charge in [0.15, 0.2) is 0 Å². The Bertz CT molecular complexity index is 532. The highest BCUT2D eigenvalue weighted by molar-refractivity contribution is 5.97. The molecule has 22 heavy (non-hydrogen) atoms. The van der Waals surface area contributed by atoms with Crippen LogP contribution in [0.4, 0.5) is 0 Å². The quantitative estimate of drug-likeness (QED) is 0.627. The fourth-order valence-electron chi connectivity index (χ4n) is 2.17. The summed E-state index contributed by atoms with van der Waals surface area (Å²) in [5, 5.41) is 6.82. The Morgan fingerprint density at radius 2 is 1.82 bits per heavy atom. The van der Waals surface area contributed by atoms with Crippen LogP contribution in [0.1, 0.15) is 24.8 Å². The average molecular weight is 302 g/mol. The summed E-state index contributed by atoms with van der Waals surface area (Å²) in [4.78, 5) is 25.6. The van der Waals surface area contributed by atoms with E-state index in [1.54, 1.807) is 0 Å². The third kappa shape index (κ3) is 5.65. The average Bonchev–Trinajstić information content (AvgIpc) is 2.53. The smallest absolute Gasteiger partial charge is 0.249 e. The Labute approximate surface area is 130 Å². The summed E-state index contributed by atoms with van der Waals surface area (Å²) in [6.45, 7) is 2.33. The molecule has 0 radical (unpaired) electrons. The van der Waals surface area contributed by atoms with Gasteiger partial charge in [-0.15, -0.1) is 0 Å². The molecule has 0 aliphatic carbocycles. The highest BCUT2D eigenvalue weighted by Gasteiger charge is 2.12. The first-order valence-electron chi connectivity index (χ1n) is 7.47. The predicted octanol–water partition coefficient (Wildman–Crippen LogP) is 0.891. The first kappa shape index (κ1) is 16.2. The third-order valence-electron chi connectivity index (χ3n) is 3.56. The Kier molecular flexibility index (Phi) is 6.09. The monoisotopic (exact) mass is 302 g/mol. The molecule has 1 heterocycles. The summed E-state index contributed by atoms with van der Waals surface area (Å²) >= 11 is 0. The van der Waals surface area contributed by atoms with E-state index >= 15 is 0 Å². The summed E-state index contributed by atoms with van der Waals surface area (Å²) in [7, 11) is 2.06. The molecule has 1 aliphatic heterocycles. The lowest BCUT2D eigenvalue weighted by atomic mass is 10.1. The van der Waals surface area contributed by atoms with Crippen molar-refractivity contribution in [2.45, 2.75) is 25.8 Å². The number of hydrogen-bond acceptors (Lipinski definition) is 4. The van der Waals surface area contributed by atoms with E-state index in [-0.39, 0.29) is 18.2 Å². The second kappa shape index (κ2) is 8.29. The van der Waals surface area contributed by atoms with Crippen molar-refractivity contribution in [3.8, 4) is 0 Å². The van der Waals surface area contributed by atoms with Crippen LogP contribution in [0.3, 0.4) is 0 Å². The molecule has 0 spiro atoms. The second-order valence-corrected chi connectivity index (χ2v) is 5.46. The van der Waals surface area contributed by atoms with E-state index in [0.29, 0.717) is 6.54 Å². The number of hydrazone groups is 1. The molecule has 1 saturated heterocycles. The van der Waals surface area contributed by atoms with Gasteiger partial charge in [0.25, 0.3) is 0 Å². The molecule has 1 aromatic rings. The van der Waals surface area contributed by atoms with Gasteiger partial charge < -0.3 is 10.2 Å². The number of carbonyl (C=O) groups is 2. The maximum Gasteiger partial charge on any atom is 0.249 e. The Hall–Kier alpha value is -2.21. The maximum atomic E-state index is 11.7. The molecular weight excluding hydrogens is 280 g/mol. The molecule has 0 saturated carbocycles. The van der Waals surface area contributed by atoms with Crippen molar-refractivity contribution in [2.75, 3.05) is 20.1 Å². The van der Waals surface area contributed by atoms with E-state index in [1.807, 2.05) is 30.3 Å². The van der Waals surface area contributed by atoms with Gasteiger partial charge in [-0.1, -0.05) is 30.3 Å². The van der Waals surface area contributed by atoms with Crippen molar-refractivity contribution in [1.29, 1.82) is 0 Å². The van der Waals surface area contributed by atoms with Crippen LogP contribution in [-0.4, -0.2) is 42.6 Å². The first-order chi connectivity index (χ1) is 10.6. The summed E-state index contributed by atoms with van der Waals surface area (Å²) in [6.07, 6.45) is 1.51. The van der Waals surface area contributed by atoms with E-state index in [2.05, 4.69) is 27.8 Å². The zero-order valence-electron chi connectivity index (χ0n) is 12.8. The van der Waals surface area contributed by atoms with Gasteiger partial charge in [0.1, 0.15) is 6.42 Å². The maximum absolute atomic E-state index is 11.7. The van der Waals surface area contributed by atoms with Crippen LogP contribution in [0.15, 0.2) is 35.4 Å². The summed E-state index contributed by atoms with van der Waals surface area (Å²) in [5.74, 6) is -0.679. The molecule has 1 fully saturated rings. The van der Waals surface area contributed by atoms with Gasteiger partial charge in [0.05, 0.1) is 0 Å². The normalized spacial score (nSPS) is 15.2. The number of benzene rings is 1. The molecule has 2 rings (SSSR count). The molecule has 118 valence electrons. The number of amides is 2. The Morgan fingerprint density at radius 3 is 2.50 bits per heavy atom. The number of piperidine rings is 1. The number of hydrogen-bond donors (Lipinski definition) is 2. The minimum atomic E-state index is -0.378. The van der Waals surface area contributed by atoms with Crippen LogP contribution in [-0.2, 0) is 16.1 Å². The second-order valence-electron chi connectivity index (χ2n) is 5.46. The van der Waals surface area contributed by atoms with E-state index in [4.69, 9.17) is 0 Å². The van der Waals surface area contributed by atoms with Gasteiger partial charge in [0, 0.05) is 38.2 Å². The van der Waals surface area contributed by atoms with E-state index in [9.17, 15) is 9.59 Å². The van der Waals surface area contributed by atoms with Gasteiger partial charge in [-0.3, -0.25) is 9.59 Å². The van der Waals surface area contributed by atoms with Crippen molar-refractivity contribution in [3.63, 3.8) is 0 Å². The van der Waals surface area contributed by atoms with Gasteiger partial charge in [-0.25, -0.2) is 5.43 Å².